The summed E-state index contributed by atoms with van der Waals surface area (Å²) in [7, 11) is 0. The first-order chi connectivity index (χ1) is 12.5. The summed E-state index contributed by atoms with van der Waals surface area (Å²) in [6.07, 6.45) is 2.31. The van der Waals surface area contributed by atoms with Crippen molar-refractivity contribution in [3.8, 4) is 5.75 Å². The summed E-state index contributed by atoms with van der Waals surface area (Å²) in [6, 6.07) is 10.8. The highest BCUT2D eigenvalue weighted by molar-refractivity contribution is 8.26. The maximum absolute atomic E-state index is 11.6. The molecule has 0 bridgehead atoms. The van der Waals surface area contributed by atoms with Crippen LogP contribution in [0.3, 0.4) is 0 Å². The van der Waals surface area contributed by atoms with Crippen LogP contribution in [0.2, 0.25) is 0 Å². The molecule has 27 heavy (non-hydrogen) atoms. The number of thioether (sulfide) groups is 1. The van der Waals surface area contributed by atoms with Gasteiger partial charge in [-0.25, -0.2) is 0 Å². The fourth-order valence-corrected chi connectivity index (χ4v) is 3.26. The molecule has 1 fully saturated rings. The number of aromatic nitrogens is 1. The fraction of sp³-hybridized carbons (Fsp3) is 0.316. The van der Waals surface area contributed by atoms with E-state index in [0.717, 1.165) is 34.3 Å². The van der Waals surface area contributed by atoms with Gasteiger partial charge >= 0.3 is 0 Å². The van der Waals surface area contributed by atoms with Crippen LogP contribution < -0.4 is 10.1 Å². The molecule has 2 atom stereocenters. The first-order valence-electron chi connectivity index (χ1n) is 8.38. The summed E-state index contributed by atoms with van der Waals surface area (Å²) >= 11 is 0.729. The highest BCUT2D eigenvalue weighted by Gasteiger charge is 2.31. The molecule has 1 aromatic carbocycles. The van der Waals surface area contributed by atoms with Crippen molar-refractivity contribution in [2.75, 3.05) is 6.61 Å². The number of hydrogen-bond donors (Lipinski definition) is 2. The van der Waals surface area contributed by atoms with E-state index >= 15 is 0 Å². The van der Waals surface area contributed by atoms with Crippen LogP contribution in [-0.2, 0) is 17.6 Å². The van der Waals surface area contributed by atoms with Crippen LogP contribution in [0.1, 0.15) is 29.8 Å². The van der Waals surface area contributed by atoms with E-state index in [2.05, 4.69) is 10.3 Å². The second-order valence-corrected chi connectivity index (χ2v) is 7.09. The maximum Gasteiger partial charge on any atom is 0.287 e. The van der Waals surface area contributed by atoms with E-state index in [1.807, 2.05) is 36.4 Å². The number of rotatable bonds is 7. The molecule has 1 aliphatic rings. The first kappa shape index (κ1) is 21.2. The molecule has 2 unspecified atom stereocenters. The lowest BCUT2D eigenvalue weighted by atomic mass is 10.1. The van der Waals surface area contributed by atoms with Crippen LogP contribution in [0, 0.1) is 0 Å². The van der Waals surface area contributed by atoms with Gasteiger partial charge in [-0.05, 0) is 36.2 Å². The number of aliphatic hydroxyl groups is 1. The van der Waals surface area contributed by atoms with Gasteiger partial charge in [-0.15, -0.1) is 12.4 Å². The number of amides is 1. The molecule has 0 saturated carbocycles. The minimum Gasteiger partial charge on any atom is -0.493 e. The Labute approximate surface area is 168 Å². The minimum atomic E-state index is -0.516. The molecule has 1 aliphatic heterocycles. The molecule has 0 aliphatic carbocycles. The maximum atomic E-state index is 11.6. The van der Waals surface area contributed by atoms with Crippen LogP contribution in [0.4, 0.5) is 4.79 Å². The average molecular weight is 409 g/mol. The Balaban J connectivity index is 0.00000261. The normalized spacial score (nSPS) is 17.2. The van der Waals surface area contributed by atoms with Crippen molar-refractivity contribution < 1.29 is 19.4 Å². The van der Waals surface area contributed by atoms with E-state index in [-0.39, 0.29) is 22.8 Å². The molecule has 3 rings (SSSR count). The van der Waals surface area contributed by atoms with Crippen molar-refractivity contribution in [1.29, 1.82) is 0 Å². The number of pyridine rings is 1. The van der Waals surface area contributed by atoms with Crippen LogP contribution >= 0.6 is 24.2 Å². The van der Waals surface area contributed by atoms with Gasteiger partial charge in [0.2, 0.25) is 5.12 Å². The van der Waals surface area contributed by atoms with Crippen molar-refractivity contribution in [3.05, 3.63) is 59.4 Å². The molecule has 0 spiro atoms. The summed E-state index contributed by atoms with van der Waals surface area (Å²) in [4.78, 5) is 27.1. The number of nitrogens with one attached hydrogen (secondary N) is 1. The number of carbonyl (C=O) groups excluding carboxylic acids is 2. The standard InChI is InChI=1S/C19H20N2O4S.ClH/c1-12(22)14-4-5-15(20-11-14)8-9-25-16-6-2-13(3-7-16)10-17-18(23)26-19(24)21-17;/h2-7,11-12,17,22H,8-10H2,1H3,(H,21,24);1H. The van der Waals surface area contributed by atoms with E-state index in [4.69, 9.17) is 4.74 Å². The van der Waals surface area contributed by atoms with Crippen molar-refractivity contribution in [3.63, 3.8) is 0 Å². The molecular weight excluding hydrogens is 388 g/mol. The lowest BCUT2D eigenvalue weighted by Crippen LogP contribution is -2.30. The number of aliphatic hydroxyl groups excluding tert-OH is 1. The van der Waals surface area contributed by atoms with Gasteiger partial charge in [0.15, 0.2) is 0 Å². The lowest BCUT2D eigenvalue weighted by Gasteiger charge is -2.10. The van der Waals surface area contributed by atoms with Crippen molar-refractivity contribution in [2.45, 2.75) is 31.9 Å². The van der Waals surface area contributed by atoms with Gasteiger partial charge < -0.3 is 15.2 Å². The van der Waals surface area contributed by atoms with Gasteiger partial charge in [-0.3, -0.25) is 14.6 Å². The Morgan fingerprint density at radius 1 is 1.22 bits per heavy atom. The van der Waals surface area contributed by atoms with E-state index < -0.39 is 12.1 Å². The predicted molar refractivity (Wildman–Crippen MR) is 106 cm³/mol. The zero-order valence-corrected chi connectivity index (χ0v) is 16.4. The number of nitrogens with zero attached hydrogens (tertiary/aromatic N) is 1. The van der Waals surface area contributed by atoms with Crippen LogP contribution in [0.5, 0.6) is 5.75 Å². The molecule has 2 heterocycles. The van der Waals surface area contributed by atoms with Crippen molar-refractivity contribution in [2.24, 2.45) is 0 Å². The number of halogens is 1. The molecule has 6 nitrogen and oxygen atoms in total. The number of hydrogen-bond acceptors (Lipinski definition) is 6. The predicted octanol–water partition coefficient (Wildman–Crippen LogP) is 3.07. The van der Waals surface area contributed by atoms with Crippen molar-refractivity contribution >= 4 is 34.5 Å². The summed E-state index contributed by atoms with van der Waals surface area (Å²) in [5.74, 6) is 0.741. The Hall–Kier alpha value is -2.09. The zero-order valence-electron chi connectivity index (χ0n) is 14.8. The van der Waals surface area contributed by atoms with Crippen LogP contribution in [-0.4, -0.2) is 33.1 Å². The van der Waals surface area contributed by atoms with E-state index in [9.17, 15) is 14.7 Å². The molecule has 1 saturated heterocycles. The third-order valence-electron chi connectivity index (χ3n) is 4.09. The van der Waals surface area contributed by atoms with Crippen LogP contribution in [0.25, 0.3) is 0 Å². The number of ether oxygens (including phenoxy) is 1. The van der Waals surface area contributed by atoms with E-state index in [0.29, 0.717) is 19.4 Å². The summed E-state index contributed by atoms with van der Waals surface area (Å²) in [6.45, 7) is 2.20. The zero-order chi connectivity index (χ0) is 18.5. The average Bonchev–Trinajstić information content (AvgIpc) is 2.94. The Kier molecular flexibility index (Phi) is 7.65. The molecular formula is C19H21ClN2O4S. The van der Waals surface area contributed by atoms with Gasteiger partial charge in [-0.2, -0.15) is 0 Å². The fourth-order valence-electron chi connectivity index (χ4n) is 2.59. The Bertz CT molecular complexity index is 781. The molecule has 2 N–H and O–H groups in total. The SMILES string of the molecule is CC(O)c1ccc(CCOc2ccc(CC3NC(=O)SC3=O)cc2)nc1.Cl. The third-order valence-corrected chi connectivity index (χ3v) is 4.88. The molecule has 2 aromatic rings. The largest absolute Gasteiger partial charge is 0.493 e. The van der Waals surface area contributed by atoms with Gasteiger partial charge in [0.25, 0.3) is 5.24 Å². The van der Waals surface area contributed by atoms with E-state index in [1.165, 1.54) is 0 Å². The molecule has 1 amide bonds. The van der Waals surface area contributed by atoms with Crippen molar-refractivity contribution in [1.82, 2.24) is 10.3 Å². The van der Waals surface area contributed by atoms with Gasteiger partial charge in [0.1, 0.15) is 11.8 Å². The van der Waals surface area contributed by atoms with Crippen LogP contribution in [0.15, 0.2) is 42.6 Å². The second kappa shape index (κ2) is 9.73. The first-order valence-corrected chi connectivity index (χ1v) is 9.20. The lowest BCUT2D eigenvalue weighted by molar-refractivity contribution is -0.112. The van der Waals surface area contributed by atoms with Gasteiger partial charge in [-0.1, -0.05) is 18.2 Å². The summed E-state index contributed by atoms with van der Waals surface area (Å²) in [5, 5.41) is 11.7. The molecule has 144 valence electrons. The summed E-state index contributed by atoms with van der Waals surface area (Å²) < 4.78 is 5.72. The van der Waals surface area contributed by atoms with Gasteiger partial charge in [0, 0.05) is 36.5 Å². The topological polar surface area (TPSA) is 88.5 Å². The minimum absolute atomic E-state index is 0. The van der Waals surface area contributed by atoms with Gasteiger partial charge in [0.05, 0.1) is 12.7 Å². The number of carbonyl (C=O) groups is 2. The molecule has 1 aromatic heterocycles. The quantitative estimate of drug-likeness (QED) is 0.731. The smallest absolute Gasteiger partial charge is 0.287 e. The molecule has 0 radical (unpaired) electrons. The van der Waals surface area contributed by atoms with E-state index in [1.54, 1.807) is 13.1 Å². The monoisotopic (exact) mass is 408 g/mol. The summed E-state index contributed by atoms with van der Waals surface area (Å²) in [5.41, 5.74) is 2.66. The highest BCUT2D eigenvalue weighted by Crippen LogP contribution is 2.20. The second-order valence-electron chi connectivity index (χ2n) is 6.11. The number of benzene rings is 1. The Morgan fingerprint density at radius 2 is 1.96 bits per heavy atom. The Morgan fingerprint density at radius 3 is 2.52 bits per heavy atom. The highest BCUT2D eigenvalue weighted by atomic mass is 35.5. The third kappa shape index (κ3) is 5.95. The molecule has 8 heteroatoms.